The lowest BCUT2D eigenvalue weighted by molar-refractivity contribution is -0.148. The summed E-state index contributed by atoms with van der Waals surface area (Å²) in [5.41, 5.74) is 0. The molecule has 2 unspecified atom stereocenters. The second-order valence-electron chi connectivity index (χ2n) is 4.94. The van der Waals surface area contributed by atoms with Gasteiger partial charge in [0.15, 0.2) is 0 Å². The van der Waals surface area contributed by atoms with E-state index < -0.39 is 0 Å². The van der Waals surface area contributed by atoms with Crippen LogP contribution < -0.4 is 5.32 Å². The summed E-state index contributed by atoms with van der Waals surface area (Å²) in [6.45, 7) is 6.87. The molecule has 0 aliphatic carbocycles. The molecule has 2 atom stereocenters. The molecule has 1 N–H and O–H groups in total. The molecular weight excluding hydrogens is 230 g/mol. The Bertz CT molecular complexity index is 233. The van der Waals surface area contributed by atoms with E-state index in [1.165, 1.54) is 6.42 Å². The highest BCUT2D eigenvalue weighted by Gasteiger charge is 2.26. The molecule has 0 bridgehead atoms. The van der Waals surface area contributed by atoms with Gasteiger partial charge in [-0.1, -0.05) is 26.7 Å². The number of nitrogens with one attached hydrogen (secondary N) is 1. The summed E-state index contributed by atoms with van der Waals surface area (Å²) in [5, 5.41) is 3.23. The largest absolute Gasteiger partial charge is 0.462 e. The minimum absolute atomic E-state index is 0.112. The highest BCUT2D eigenvalue weighted by Crippen LogP contribution is 2.19. The van der Waals surface area contributed by atoms with Gasteiger partial charge in [-0.3, -0.25) is 4.79 Å². The molecule has 1 aliphatic heterocycles. The molecule has 18 heavy (non-hydrogen) atoms. The van der Waals surface area contributed by atoms with Gasteiger partial charge in [0.1, 0.15) is 12.6 Å². The van der Waals surface area contributed by atoms with Crippen molar-refractivity contribution in [1.82, 2.24) is 5.32 Å². The van der Waals surface area contributed by atoms with Gasteiger partial charge in [-0.15, -0.1) is 0 Å². The second-order valence-corrected chi connectivity index (χ2v) is 4.94. The Morgan fingerprint density at radius 2 is 2.11 bits per heavy atom. The highest BCUT2D eigenvalue weighted by molar-refractivity contribution is 5.75. The number of ether oxygens (including phenoxy) is 2. The first-order valence-corrected chi connectivity index (χ1v) is 7.25. The SMILES string of the molecule is CCCCOCCOC(=O)C1CC(CC)CCN1. The average molecular weight is 257 g/mol. The maximum absolute atomic E-state index is 11.8. The van der Waals surface area contributed by atoms with Gasteiger partial charge in [-0.05, 0) is 31.7 Å². The molecule has 4 nitrogen and oxygen atoms in total. The number of esters is 1. The van der Waals surface area contributed by atoms with Crippen LogP contribution in [0.1, 0.15) is 46.0 Å². The fourth-order valence-electron chi connectivity index (χ4n) is 2.20. The molecule has 0 aromatic heterocycles. The van der Waals surface area contributed by atoms with Gasteiger partial charge in [0.2, 0.25) is 0 Å². The van der Waals surface area contributed by atoms with E-state index in [2.05, 4.69) is 19.2 Å². The third-order valence-electron chi connectivity index (χ3n) is 3.49. The van der Waals surface area contributed by atoms with E-state index in [0.717, 1.165) is 38.8 Å². The summed E-state index contributed by atoms with van der Waals surface area (Å²) >= 11 is 0. The molecule has 1 fully saturated rings. The summed E-state index contributed by atoms with van der Waals surface area (Å²) in [6, 6.07) is -0.112. The molecule has 1 aliphatic rings. The zero-order valence-corrected chi connectivity index (χ0v) is 11.7. The topological polar surface area (TPSA) is 47.6 Å². The Labute approximate surface area is 110 Å². The molecule has 0 spiro atoms. The number of hydrogen-bond acceptors (Lipinski definition) is 4. The average Bonchev–Trinajstić information content (AvgIpc) is 2.42. The van der Waals surface area contributed by atoms with Gasteiger partial charge < -0.3 is 14.8 Å². The maximum atomic E-state index is 11.8. The van der Waals surface area contributed by atoms with Crippen LogP contribution in [0, 0.1) is 5.92 Å². The Balaban J connectivity index is 2.08. The first-order chi connectivity index (χ1) is 8.77. The van der Waals surface area contributed by atoms with Crippen molar-refractivity contribution in [3.8, 4) is 0 Å². The molecule has 1 heterocycles. The molecule has 4 heteroatoms. The van der Waals surface area contributed by atoms with Crippen LogP contribution in [0.5, 0.6) is 0 Å². The Morgan fingerprint density at radius 3 is 2.83 bits per heavy atom. The van der Waals surface area contributed by atoms with E-state index >= 15 is 0 Å². The van der Waals surface area contributed by atoms with Gasteiger partial charge in [-0.2, -0.15) is 0 Å². The zero-order chi connectivity index (χ0) is 13.2. The van der Waals surface area contributed by atoms with Crippen molar-refractivity contribution in [3.63, 3.8) is 0 Å². The number of unbranched alkanes of at least 4 members (excludes halogenated alkanes) is 1. The van der Waals surface area contributed by atoms with Gasteiger partial charge in [-0.25, -0.2) is 0 Å². The van der Waals surface area contributed by atoms with E-state index in [1.807, 2.05) is 0 Å². The molecule has 0 aromatic rings. The molecule has 1 rings (SSSR count). The van der Waals surface area contributed by atoms with Crippen LogP contribution in [0.3, 0.4) is 0 Å². The van der Waals surface area contributed by atoms with Crippen LogP contribution in [0.25, 0.3) is 0 Å². The second kappa shape index (κ2) is 9.34. The van der Waals surface area contributed by atoms with Gasteiger partial charge in [0.05, 0.1) is 6.61 Å². The molecule has 0 amide bonds. The molecule has 106 valence electrons. The predicted octanol–water partition coefficient (Wildman–Crippen LogP) is 2.12. The summed E-state index contributed by atoms with van der Waals surface area (Å²) in [6.07, 6.45) is 5.42. The smallest absolute Gasteiger partial charge is 0.323 e. The summed E-state index contributed by atoms with van der Waals surface area (Å²) < 4.78 is 10.6. The predicted molar refractivity (Wildman–Crippen MR) is 71.5 cm³/mol. The van der Waals surface area contributed by atoms with E-state index in [1.54, 1.807) is 0 Å². The molecule has 0 aromatic carbocycles. The lowest BCUT2D eigenvalue weighted by Gasteiger charge is -2.28. The van der Waals surface area contributed by atoms with E-state index in [4.69, 9.17) is 9.47 Å². The fourth-order valence-corrected chi connectivity index (χ4v) is 2.20. The van der Waals surface area contributed by atoms with Crippen molar-refractivity contribution in [2.45, 2.75) is 52.0 Å². The Kier molecular flexibility index (Phi) is 8.01. The van der Waals surface area contributed by atoms with Crippen molar-refractivity contribution in [2.24, 2.45) is 5.92 Å². The number of rotatable bonds is 8. The first kappa shape index (κ1) is 15.4. The summed E-state index contributed by atoms with van der Waals surface area (Å²) in [4.78, 5) is 11.8. The van der Waals surface area contributed by atoms with E-state index in [0.29, 0.717) is 19.1 Å². The van der Waals surface area contributed by atoms with Gasteiger partial charge in [0.25, 0.3) is 0 Å². The number of carbonyl (C=O) groups is 1. The van der Waals surface area contributed by atoms with Crippen LogP contribution >= 0.6 is 0 Å². The lowest BCUT2D eigenvalue weighted by atomic mass is 9.90. The quantitative estimate of drug-likeness (QED) is 0.534. The molecule has 0 radical (unpaired) electrons. The Morgan fingerprint density at radius 1 is 1.28 bits per heavy atom. The summed E-state index contributed by atoms with van der Waals surface area (Å²) in [7, 11) is 0. The molecule has 1 saturated heterocycles. The van der Waals surface area contributed by atoms with Crippen molar-refractivity contribution in [2.75, 3.05) is 26.4 Å². The van der Waals surface area contributed by atoms with Crippen LogP contribution in [-0.4, -0.2) is 38.4 Å². The van der Waals surface area contributed by atoms with Crippen molar-refractivity contribution in [1.29, 1.82) is 0 Å². The fraction of sp³-hybridized carbons (Fsp3) is 0.929. The Hall–Kier alpha value is -0.610. The van der Waals surface area contributed by atoms with Crippen LogP contribution in [0.15, 0.2) is 0 Å². The van der Waals surface area contributed by atoms with Crippen molar-refractivity contribution < 1.29 is 14.3 Å². The summed E-state index contributed by atoms with van der Waals surface area (Å²) in [5.74, 6) is 0.539. The van der Waals surface area contributed by atoms with Crippen LogP contribution in [0.2, 0.25) is 0 Å². The monoisotopic (exact) mass is 257 g/mol. The van der Waals surface area contributed by atoms with Gasteiger partial charge >= 0.3 is 5.97 Å². The first-order valence-electron chi connectivity index (χ1n) is 7.25. The molecule has 0 saturated carbocycles. The van der Waals surface area contributed by atoms with E-state index in [9.17, 15) is 4.79 Å². The van der Waals surface area contributed by atoms with E-state index in [-0.39, 0.29) is 12.0 Å². The standard InChI is InChI=1S/C14H27NO3/c1-3-5-8-17-9-10-18-14(16)13-11-12(4-2)6-7-15-13/h12-13,15H,3-11H2,1-2H3. The minimum atomic E-state index is -0.118. The van der Waals surface area contributed by atoms with Crippen molar-refractivity contribution in [3.05, 3.63) is 0 Å². The normalized spacial score (nSPS) is 23.9. The number of carbonyl (C=O) groups excluding carboxylic acids is 1. The maximum Gasteiger partial charge on any atom is 0.323 e. The van der Waals surface area contributed by atoms with Crippen molar-refractivity contribution >= 4 is 5.97 Å². The zero-order valence-electron chi connectivity index (χ0n) is 11.7. The third-order valence-corrected chi connectivity index (χ3v) is 3.49. The van der Waals surface area contributed by atoms with Crippen LogP contribution in [0.4, 0.5) is 0 Å². The van der Waals surface area contributed by atoms with Gasteiger partial charge in [0, 0.05) is 6.61 Å². The number of piperidine rings is 1. The van der Waals surface area contributed by atoms with Crippen LogP contribution in [-0.2, 0) is 14.3 Å². The molecular formula is C14H27NO3. The highest BCUT2D eigenvalue weighted by atomic mass is 16.6. The lowest BCUT2D eigenvalue weighted by Crippen LogP contribution is -2.44. The number of hydrogen-bond donors (Lipinski definition) is 1. The minimum Gasteiger partial charge on any atom is -0.462 e. The third kappa shape index (κ3) is 5.83.